The Kier molecular flexibility index (Phi) is 7.10. The first-order valence-electron chi connectivity index (χ1n) is 8.48. The van der Waals surface area contributed by atoms with Crippen LogP contribution in [0.2, 0.25) is 5.02 Å². The van der Waals surface area contributed by atoms with E-state index < -0.39 is 0 Å². The van der Waals surface area contributed by atoms with Gasteiger partial charge in [0.05, 0.1) is 35.2 Å². The third kappa shape index (κ3) is 4.88. The minimum absolute atomic E-state index is 0.128. The highest BCUT2D eigenvalue weighted by molar-refractivity contribution is 9.10. The number of carbonyl (C=O) groups excluding carboxylic acids is 2. The molecule has 6 nitrogen and oxygen atoms in total. The van der Waals surface area contributed by atoms with Gasteiger partial charge in [-0.05, 0) is 63.6 Å². The van der Waals surface area contributed by atoms with Crippen LogP contribution >= 0.6 is 39.3 Å². The van der Waals surface area contributed by atoms with Crippen molar-refractivity contribution in [2.45, 2.75) is 0 Å². The van der Waals surface area contributed by atoms with Gasteiger partial charge in [0.15, 0.2) is 11.5 Å². The number of benzene rings is 2. The minimum atomic E-state index is -0.367. The maximum absolute atomic E-state index is 12.7. The molecule has 2 amide bonds. The topological polar surface area (TPSA) is 65.1 Å². The second-order valence-electron chi connectivity index (χ2n) is 5.85. The largest absolute Gasteiger partial charge is 0.493 e. The van der Waals surface area contributed by atoms with Crippen molar-refractivity contribution in [3.8, 4) is 17.2 Å². The van der Waals surface area contributed by atoms with Crippen LogP contribution in [0.5, 0.6) is 17.2 Å². The lowest BCUT2D eigenvalue weighted by Crippen LogP contribution is -2.32. The molecule has 9 heteroatoms. The second kappa shape index (κ2) is 9.56. The molecule has 0 spiro atoms. The SMILES string of the molecule is COc1cc(/C=C2\SC(=O)N(CCOc3ccccc3Cl)C2=O)cc(Br)c1OC. The maximum Gasteiger partial charge on any atom is 0.293 e. The number of thioether (sulfide) groups is 1. The molecule has 1 heterocycles. The van der Waals surface area contributed by atoms with Gasteiger partial charge in [-0.25, -0.2) is 0 Å². The lowest BCUT2D eigenvalue weighted by molar-refractivity contribution is -0.123. The van der Waals surface area contributed by atoms with Crippen molar-refractivity contribution in [3.63, 3.8) is 0 Å². The molecule has 0 unspecified atom stereocenters. The van der Waals surface area contributed by atoms with Crippen molar-refractivity contribution in [1.29, 1.82) is 0 Å². The fourth-order valence-electron chi connectivity index (χ4n) is 2.67. The molecule has 1 aliphatic heterocycles. The fraction of sp³-hybridized carbons (Fsp3) is 0.200. The van der Waals surface area contributed by atoms with E-state index in [0.29, 0.717) is 37.2 Å². The van der Waals surface area contributed by atoms with E-state index in [0.717, 1.165) is 16.7 Å². The van der Waals surface area contributed by atoms with Crippen molar-refractivity contribution in [3.05, 3.63) is 56.4 Å². The summed E-state index contributed by atoms with van der Waals surface area (Å²) in [6, 6.07) is 10.5. The molecular weight excluding hydrogens is 482 g/mol. The normalized spacial score (nSPS) is 15.2. The summed E-state index contributed by atoms with van der Waals surface area (Å²) in [6.45, 7) is 0.278. The van der Waals surface area contributed by atoms with E-state index in [1.54, 1.807) is 49.6 Å². The Morgan fingerprint density at radius 2 is 1.90 bits per heavy atom. The molecule has 2 aromatic carbocycles. The van der Waals surface area contributed by atoms with Crippen molar-refractivity contribution in [1.82, 2.24) is 4.90 Å². The van der Waals surface area contributed by atoms with E-state index in [2.05, 4.69) is 15.9 Å². The molecule has 3 rings (SSSR count). The molecule has 29 heavy (non-hydrogen) atoms. The monoisotopic (exact) mass is 497 g/mol. The smallest absolute Gasteiger partial charge is 0.293 e. The fourth-order valence-corrected chi connectivity index (χ4v) is 4.35. The molecule has 0 saturated carbocycles. The number of nitrogens with zero attached hydrogens (tertiary/aromatic N) is 1. The van der Waals surface area contributed by atoms with Crippen LogP contribution in [0, 0.1) is 0 Å². The number of methoxy groups -OCH3 is 2. The molecular formula is C20H17BrClNO5S. The molecule has 2 aromatic rings. The third-order valence-electron chi connectivity index (χ3n) is 4.04. The Bertz CT molecular complexity index is 981. The molecule has 1 aliphatic rings. The predicted octanol–water partition coefficient (Wildman–Crippen LogP) is 5.24. The highest BCUT2D eigenvalue weighted by Gasteiger charge is 2.35. The van der Waals surface area contributed by atoms with Crippen LogP contribution in [0.25, 0.3) is 6.08 Å². The van der Waals surface area contributed by atoms with Gasteiger partial charge in [-0.15, -0.1) is 0 Å². The zero-order chi connectivity index (χ0) is 21.0. The van der Waals surface area contributed by atoms with Gasteiger partial charge in [-0.1, -0.05) is 23.7 Å². The summed E-state index contributed by atoms with van der Waals surface area (Å²) in [6.07, 6.45) is 1.65. The minimum Gasteiger partial charge on any atom is -0.493 e. The van der Waals surface area contributed by atoms with Gasteiger partial charge in [0.25, 0.3) is 11.1 Å². The van der Waals surface area contributed by atoms with Gasteiger partial charge in [0, 0.05) is 0 Å². The van der Waals surface area contributed by atoms with E-state index >= 15 is 0 Å². The number of hydrogen-bond acceptors (Lipinski definition) is 6. The highest BCUT2D eigenvalue weighted by Crippen LogP contribution is 2.38. The number of halogens is 2. The van der Waals surface area contributed by atoms with Crippen LogP contribution < -0.4 is 14.2 Å². The lowest BCUT2D eigenvalue weighted by Gasteiger charge is -2.13. The number of para-hydroxylation sites is 1. The molecule has 0 atom stereocenters. The molecule has 1 fully saturated rings. The van der Waals surface area contributed by atoms with Gasteiger partial charge in [-0.3, -0.25) is 14.5 Å². The summed E-state index contributed by atoms with van der Waals surface area (Å²) in [4.78, 5) is 26.4. The van der Waals surface area contributed by atoms with E-state index in [1.165, 1.54) is 7.11 Å². The first kappa shape index (κ1) is 21.5. The number of amides is 2. The van der Waals surface area contributed by atoms with Crippen molar-refractivity contribution in [2.24, 2.45) is 0 Å². The van der Waals surface area contributed by atoms with E-state index in [4.69, 9.17) is 25.8 Å². The third-order valence-corrected chi connectivity index (χ3v) is 5.85. The summed E-state index contributed by atoms with van der Waals surface area (Å²) < 4.78 is 16.9. The number of hydrogen-bond donors (Lipinski definition) is 0. The molecule has 0 radical (unpaired) electrons. The molecule has 1 saturated heterocycles. The standard InChI is InChI=1S/C20H17BrClNO5S/c1-26-16-10-12(9-13(21)18(16)27-2)11-17-19(24)23(20(25)29-17)7-8-28-15-6-4-3-5-14(15)22/h3-6,9-11H,7-8H2,1-2H3/b17-11-. The summed E-state index contributed by atoms with van der Waals surface area (Å²) in [7, 11) is 3.07. The number of carbonyl (C=O) groups is 2. The quantitative estimate of drug-likeness (QED) is 0.487. The van der Waals surface area contributed by atoms with Crippen LogP contribution in [0.3, 0.4) is 0 Å². The van der Waals surface area contributed by atoms with Crippen molar-refractivity contribution < 1.29 is 23.8 Å². The Labute approximate surface area is 185 Å². The molecule has 0 aromatic heterocycles. The van der Waals surface area contributed by atoms with Crippen LogP contribution in [-0.2, 0) is 4.79 Å². The highest BCUT2D eigenvalue weighted by atomic mass is 79.9. The van der Waals surface area contributed by atoms with E-state index in [1.807, 2.05) is 0 Å². The predicted molar refractivity (Wildman–Crippen MR) is 117 cm³/mol. The summed E-state index contributed by atoms with van der Waals surface area (Å²) >= 11 is 10.3. The maximum atomic E-state index is 12.7. The first-order chi connectivity index (χ1) is 13.9. The van der Waals surface area contributed by atoms with Gasteiger partial charge in [0.1, 0.15) is 12.4 Å². The second-order valence-corrected chi connectivity index (χ2v) is 8.11. The zero-order valence-corrected chi connectivity index (χ0v) is 18.8. The Morgan fingerprint density at radius 1 is 1.14 bits per heavy atom. The van der Waals surface area contributed by atoms with Crippen molar-refractivity contribution in [2.75, 3.05) is 27.4 Å². The number of rotatable bonds is 7. The average molecular weight is 499 g/mol. The van der Waals surface area contributed by atoms with Gasteiger partial charge in [-0.2, -0.15) is 0 Å². The first-order valence-corrected chi connectivity index (χ1v) is 10.5. The van der Waals surface area contributed by atoms with Crippen molar-refractivity contribution >= 4 is 56.5 Å². The zero-order valence-electron chi connectivity index (χ0n) is 15.6. The van der Waals surface area contributed by atoms with Gasteiger partial charge >= 0.3 is 0 Å². The molecule has 0 bridgehead atoms. The van der Waals surface area contributed by atoms with Gasteiger partial charge < -0.3 is 14.2 Å². The molecule has 0 N–H and O–H groups in total. The lowest BCUT2D eigenvalue weighted by atomic mass is 10.2. The van der Waals surface area contributed by atoms with E-state index in [-0.39, 0.29) is 24.3 Å². The van der Waals surface area contributed by atoms with Crippen LogP contribution in [0.4, 0.5) is 4.79 Å². The number of imide groups is 1. The van der Waals surface area contributed by atoms with E-state index in [9.17, 15) is 9.59 Å². The van der Waals surface area contributed by atoms with Crippen LogP contribution in [-0.4, -0.2) is 43.4 Å². The molecule has 0 aliphatic carbocycles. The summed E-state index contributed by atoms with van der Waals surface area (Å²) in [5.41, 5.74) is 0.701. The molecule has 152 valence electrons. The van der Waals surface area contributed by atoms with Gasteiger partial charge in [0.2, 0.25) is 0 Å². The van der Waals surface area contributed by atoms with Crippen LogP contribution in [0.15, 0.2) is 45.8 Å². The summed E-state index contributed by atoms with van der Waals surface area (Å²) in [5.74, 6) is 1.20. The Hall–Kier alpha value is -2.16. The summed E-state index contributed by atoms with van der Waals surface area (Å²) in [5, 5.41) is 0.129. The average Bonchev–Trinajstić information content (AvgIpc) is 2.96. The van der Waals surface area contributed by atoms with Crippen LogP contribution in [0.1, 0.15) is 5.56 Å². The Balaban J connectivity index is 1.71. The number of ether oxygens (including phenoxy) is 3. The Morgan fingerprint density at radius 3 is 2.59 bits per heavy atom.